The van der Waals surface area contributed by atoms with Crippen molar-refractivity contribution in [2.75, 3.05) is 31.4 Å². The van der Waals surface area contributed by atoms with E-state index in [0.717, 1.165) is 0 Å². The molecule has 5 heteroatoms. The maximum Gasteiger partial charge on any atom is 0.252 e. The van der Waals surface area contributed by atoms with E-state index in [9.17, 15) is 4.79 Å². The van der Waals surface area contributed by atoms with E-state index in [1.54, 1.807) is 25.2 Å². The number of carbonyl (C=O) groups excluding carboxylic acids is 1. The Morgan fingerprint density at radius 1 is 1.60 bits per heavy atom. The molecule has 2 N–H and O–H groups in total. The van der Waals surface area contributed by atoms with Crippen LogP contribution in [0.1, 0.15) is 0 Å². The Morgan fingerprint density at radius 3 is 2.87 bits per heavy atom. The van der Waals surface area contributed by atoms with Gasteiger partial charge in [-0.1, -0.05) is 11.6 Å². The molecule has 0 aliphatic rings. The van der Waals surface area contributed by atoms with E-state index >= 15 is 0 Å². The van der Waals surface area contributed by atoms with Crippen molar-refractivity contribution in [3.8, 4) is 0 Å². The number of nitrogens with zero attached hydrogens (tertiary/aromatic N) is 1. The van der Waals surface area contributed by atoms with Crippen LogP contribution in [-0.2, 0) is 9.53 Å². The lowest BCUT2D eigenvalue weighted by atomic mass is 10.2. The molecular formula is C10H13ClN2O2. The van der Waals surface area contributed by atoms with Crippen LogP contribution < -0.4 is 10.6 Å². The largest absolute Gasteiger partial charge is 0.397 e. The Kier molecular flexibility index (Phi) is 3.94. The van der Waals surface area contributed by atoms with Gasteiger partial charge in [-0.2, -0.15) is 0 Å². The van der Waals surface area contributed by atoms with Crippen LogP contribution in [0.25, 0.3) is 0 Å². The van der Waals surface area contributed by atoms with Gasteiger partial charge in [0.1, 0.15) is 6.61 Å². The number of nitrogens with two attached hydrogens (primary N) is 1. The third-order valence-electron chi connectivity index (χ3n) is 2.00. The summed E-state index contributed by atoms with van der Waals surface area (Å²) in [5.74, 6) is -0.175. The zero-order chi connectivity index (χ0) is 11.4. The molecule has 0 aliphatic heterocycles. The van der Waals surface area contributed by atoms with Gasteiger partial charge in [0.15, 0.2) is 0 Å². The van der Waals surface area contributed by atoms with Crippen molar-refractivity contribution in [3.05, 3.63) is 23.2 Å². The summed E-state index contributed by atoms with van der Waals surface area (Å²) >= 11 is 5.82. The smallest absolute Gasteiger partial charge is 0.252 e. The molecule has 0 spiro atoms. The maximum atomic E-state index is 11.5. The summed E-state index contributed by atoms with van der Waals surface area (Å²) in [6.45, 7) is 0.0163. The molecule has 15 heavy (non-hydrogen) atoms. The first-order chi connectivity index (χ1) is 7.06. The molecule has 0 bridgehead atoms. The molecule has 1 aromatic rings. The van der Waals surface area contributed by atoms with Gasteiger partial charge in [0.25, 0.3) is 5.91 Å². The first-order valence-electron chi connectivity index (χ1n) is 4.36. The SMILES string of the molecule is COCC(=O)N(C)c1cc(Cl)ccc1N. The van der Waals surface area contributed by atoms with Crippen molar-refractivity contribution in [3.63, 3.8) is 0 Å². The topological polar surface area (TPSA) is 55.6 Å². The Hall–Kier alpha value is -1.26. The van der Waals surface area contributed by atoms with E-state index in [0.29, 0.717) is 16.4 Å². The highest BCUT2D eigenvalue weighted by molar-refractivity contribution is 6.31. The molecule has 0 heterocycles. The van der Waals surface area contributed by atoms with Gasteiger partial charge >= 0.3 is 0 Å². The number of carbonyl (C=O) groups is 1. The number of amides is 1. The second-order valence-electron chi connectivity index (χ2n) is 3.09. The van der Waals surface area contributed by atoms with Gasteiger partial charge < -0.3 is 15.4 Å². The lowest BCUT2D eigenvalue weighted by Crippen LogP contribution is -2.30. The van der Waals surface area contributed by atoms with Crippen molar-refractivity contribution in [2.45, 2.75) is 0 Å². The summed E-state index contributed by atoms with van der Waals surface area (Å²) in [5, 5.41) is 0.538. The molecule has 1 aromatic carbocycles. The van der Waals surface area contributed by atoms with Gasteiger partial charge in [0, 0.05) is 19.2 Å². The lowest BCUT2D eigenvalue weighted by molar-refractivity contribution is -0.121. The van der Waals surface area contributed by atoms with Crippen LogP contribution in [0.2, 0.25) is 5.02 Å². The van der Waals surface area contributed by atoms with Gasteiger partial charge in [-0.15, -0.1) is 0 Å². The minimum absolute atomic E-state index is 0.0163. The molecule has 1 amide bonds. The third-order valence-corrected chi connectivity index (χ3v) is 2.23. The maximum absolute atomic E-state index is 11.5. The Morgan fingerprint density at radius 2 is 2.27 bits per heavy atom. The number of rotatable bonds is 3. The normalized spacial score (nSPS) is 10.1. The predicted molar refractivity (Wildman–Crippen MR) is 61.2 cm³/mol. The summed E-state index contributed by atoms with van der Waals surface area (Å²) in [4.78, 5) is 12.9. The summed E-state index contributed by atoms with van der Waals surface area (Å²) in [5.41, 5.74) is 6.82. The predicted octanol–water partition coefficient (Wildman–Crippen LogP) is 1.53. The number of halogens is 1. The zero-order valence-electron chi connectivity index (χ0n) is 8.66. The van der Waals surface area contributed by atoms with Crippen molar-refractivity contribution in [1.29, 1.82) is 0 Å². The summed E-state index contributed by atoms with van der Waals surface area (Å²) in [6, 6.07) is 4.98. The van der Waals surface area contributed by atoms with Crippen LogP contribution in [-0.4, -0.2) is 26.7 Å². The highest BCUT2D eigenvalue weighted by atomic mass is 35.5. The number of ether oxygens (including phenoxy) is 1. The van der Waals surface area contributed by atoms with Crippen LogP contribution in [0, 0.1) is 0 Å². The van der Waals surface area contributed by atoms with Crippen molar-refractivity contribution >= 4 is 28.9 Å². The number of anilines is 2. The third kappa shape index (κ3) is 2.84. The highest BCUT2D eigenvalue weighted by Gasteiger charge is 2.13. The Balaban J connectivity index is 2.94. The van der Waals surface area contributed by atoms with E-state index in [2.05, 4.69) is 0 Å². The lowest BCUT2D eigenvalue weighted by Gasteiger charge is -2.18. The van der Waals surface area contributed by atoms with E-state index < -0.39 is 0 Å². The van der Waals surface area contributed by atoms with Crippen LogP contribution in [0.4, 0.5) is 11.4 Å². The van der Waals surface area contributed by atoms with Crippen LogP contribution >= 0.6 is 11.6 Å². The van der Waals surface area contributed by atoms with Gasteiger partial charge in [0.2, 0.25) is 0 Å². The van der Waals surface area contributed by atoms with Crippen molar-refractivity contribution in [1.82, 2.24) is 0 Å². The quantitative estimate of drug-likeness (QED) is 0.799. The van der Waals surface area contributed by atoms with E-state index in [1.165, 1.54) is 12.0 Å². The van der Waals surface area contributed by atoms with Gasteiger partial charge in [0.05, 0.1) is 11.4 Å². The molecule has 0 saturated heterocycles. The first-order valence-corrected chi connectivity index (χ1v) is 4.74. The van der Waals surface area contributed by atoms with Crippen LogP contribution in [0.5, 0.6) is 0 Å². The number of hydrogen-bond acceptors (Lipinski definition) is 3. The number of likely N-dealkylation sites (N-methyl/N-ethyl adjacent to an activating group) is 1. The number of benzene rings is 1. The van der Waals surface area contributed by atoms with E-state index in [1.807, 2.05) is 0 Å². The minimum atomic E-state index is -0.175. The zero-order valence-corrected chi connectivity index (χ0v) is 9.41. The molecule has 0 saturated carbocycles. The molecule has 4 nitrogen and oxygen atoms in total. The molecule has 0 fully saturated rings. The van der Waals surface area contributed by atoms with Crippen molar-refractivity contribution in [2.24, 2.45) is 0 Å². The van der Waals surface area contributed by atoms with Crippen LogP contribution in [0.15, 0.2) is 18.2 Å². The second kappa shape index (κ2) is 5.00. The summed E-state index contributed by atoms with van der Waals surface area (Å²) in [6.07, 6.45) is 0. The second-order valence-corrected chi connectivity index (χ2v) is 3.53. The number of methoxy groups -OCH3 is 1. The Bertz CT molecular complexity index is 368. The summed E-state index contributed by atoms with van der Waals surface area (Å²) < 4.78 is 4.75. The van der Waals surface area contributed by atoms with Gasteiger partial charge in [-0.05, 0) is 18.2 Å². The van der Waals surface area contributed by atoms with Crippen LogP contribution in [0.3, 0.4) is 0 Å². The van der Waals surface area contributed by atoms with Gasteiger partial charge in [-0.25, -0.2) is 0 Å². The fraction of sp³-hybridized carbons (Fsp3) is 0.300. The fourth-order valence-corrected chi connectivity index (χ4v) is 1.33. The fourth-order valence-electron chi connectivity index (χ4n) is 1.16. The van der Waals surface area contributed by atoms with Crippen molar-refractivity contribution < 1.29 is 9.53 Å². The molecule has 0 unspecified atom stereocenters. The standard InChI is InChI=1S/C10H13ClN2O2/c1-13(10(14)6-15-2)9-5-7(11)3-4-8(9)12/h3-5H,6,12H2,1-2H3. The number of nitrogen functional groups attached to an aromatic ring is 1. The molecule has 0 aromatic heterocycles. The minimum Gasteiger partial charge on any atom is -0.397 e. The highest BCUT2D eigenvalue weighted by Crippen LogP contribution is 2.25. The first kappa shape index (κ1) is 11.8. The van der Waals surface area contributed by atoms with Gasteiger partial charge in [-0.3, -0.25) is 4.79 Å². The molecular weight excluding hydrogens is 216 g/mol. The number of hydrogen-bond donors (Lipinski definition) is 1. The molecule has 82 valence electrons. The molecule has 0 aliphatic carbocycles. The average molecular weight is 229 g/mol. The summed E-state index contributed by atoms with van der Waals surface area (Å²) in [7, 11) is 3.09. The average Bonchev–Trinajstić information content (AvgIpc) is 2.21. The van der Waals surface area contributed by atoms with E-state index in [4.69, 9.17) is 22.1 Å². The monoisotopic (exact) mass is 228 g/mol. The molecule has 0 radical (unpaired) electrons. The molecule has 0 atom stereocenters. The molecule has 1 rings (SSSR count). The van der Waals surface area contributed by atoms with E-state index in [-0.39, 0.29) is 12.5 Å². The Labute approximate surface area is 93.6 Å².